The van der Waals surface area contributed by atoms with Crippen LogP contribution >= 0.6 is 11.6 Å². The molecule has 1 amide bonds. The third-order valence-electron chi connectivity index (χ3n) is 5.26. The van der Waals surface area contributed by atoms with Crippen LogP contribution in [0.25, 0.3) is 0 Å². The van der Waals surface area contributed by atoms with Crippen LogP contribution in [0.1, 0.15) is 30.9 Å². The van der Waals surface area contributed by atoms with Gasteiger partial charge in [-0.25, -0.2) is 4.39 Å². The van der Waals surface area contributed by atoms with Crippen LogP contribution < -0.4 is 0 Å². The van der Waals surface area contributed by atoms with Gasteiger partial charge in [0.15, 0.2) is 0 Å². The summed E-state index contributed by atoms with van der Waals surface area (Å²) >= 11 is 5.82. The van der Waals surface area contributed by atoms with Crippen LogP contribution in [0.5, 0.6) is 0 Å². The van der Waals surface area contributed by atoms with E-state index in [4.69, 9.17) is 11.6 Å². The molecule has 0 radical (unpaired) electrons. The molecule has 1 aliphatic rings. The molecular formula is C22H26ClFN2O. The number of benzene rings is 2. The molecule has 1 heterocycles. The van der Waals surface area contributed by atoms with Gasteiger partial charge in [-0.15, -0.1) is 0 Å². The highest BCUT2D eigenvalue weighted by Gasteiger charge is 2.28. The molecule has 5 heteroatoms. The van der Waals surface area contributed by atoms with E-state index in [0.29, 0.717) is 30.2 Å². The van der Waals surface area contributed by atoms with Gasteiger partial charge in [-0.2, -0.15) is 0 Å². The van der Waals surface area contributed by atoms with Crippen LogP contribution in [0, 0.1) is 11.7 Å². The monoisotopic (exact) mass is 388 g/mol. The van der Waals surface area contributed by atoms with Crippen LogP contribution in [0.4, 0.5) is 4.39 Å². The van der Waals surface area contributed by atoms with Crippen LogP contribution in [0.15, 0.2) is 48.5 Å². The van der Waals surface area contributed by atoms with E-state index in [0.717, 1.165) is 31.5 Å². The van der Waals surface area contributed by atoms with Crippen molar-refractivity contribution < 1.29 is 9.18 Å². The van der Waals surface area contributed by atoms with E-state index in [9.17, 15) is 9.18 Å². The summed E-state index contributed by atoms with van der Waals surface area (Å²) in [7, 11) is 0. The first kappa shape index (κ1) is 19.8. The third kappa shape index (κ3) is 5.30. The summed E-state index contributed by atoms with van der Waals surface area (Å²) in [6, 6.07) is 14.9. The molecule has 0 atom stereocenters. The highest BCUT2D eigenvalue weighted by atomic mass is 35.5. The Morgan fingerprint density at radius 1 is 1.19 bits per heavy atom. The fraction of sp³-hybridized carbons (Fsp3) is 0.409. The quantitative estimate of drug-likeness (QED) is 0.713. The minimum Gasteiger partial charge on any atom is -0.338 e. The SMILES string of the molecule is CCN(Cc1ccccc1)C(=O)C1CCN(Cc2ccc(Cl)cc2F)CC1. The topological polar surface area (TPSA) is 23.6 Å². The zero-order chi connectivity index (χ0) is 19.2. The average molecular weight is 389 g/mol. The van der Waals surface area contributed by atoms with Gasteiger partial charge in [0.2, 0.25) is 5.91 Å². The average Bonchev–Trinajstić information content (AvgIpc) is 2.69. The second kappa shape index (κ2) is 9.34. The number of carbonyl (C=O) groups excluding carboxylic acids is 1. The Hall–Kier alpha value is -1.91. The van der Waals surface area contributed by atoms with Gasteiger partial charge in [-0.05, 0) is 50.6 Å². The van der Waals surface area contributed by atoms with Gasteiger partial charge in [0.25, 0.3) is 0 Å². The first-order valence-electron chi connectivity index (χ1n) is 9.55. The number of nitrogens with zero attached hydrogens (tertiary/aromatic N) is 2. The number of carbonyl (C=O) groups is 1. The second-order valence-corrected chi connectivity index (χ2v) is 7.56. The molecule has 144 valence electrons. The maximum Gasteiger partial charge on any atom is 0.226 e. The third-order valence-corrected chi connectivity index (χ3v) is 5.49. The van der Waals surface area contributed by atoms with Gasteiger partial charge in [0.1, 0.15) is 5.82 Å². The smallest absolute Gasteiger partial charge is 0.226 e. The molecule has 1 fully saturated rings. The molecule has 0 N–H and O–H groups in total. The van der Waals surface area contributed by atoms with Crippen molar-refractivity contribution in [3.63, 3.8) is 0 Å². The molecule has 3 nitrogen and oxygen atoms in total. The van der Waals surface area contributed by atoms with Gasteiger partial charge in [-0.3, -0.25) is 9.69 Å². The normalized spacial score (nSPS) is 15.7. The number of hydrogen-bond donors (Lipinski definition) is 0. The van der Waals surface area contributed by atoms with Crippen LogP contribution in [0.3, 0.4) is 0 Å². The molecule has 1 aliphatic heterocycles. The number of amides is 1. The Morgan fingerprint density at radius 2 is 1.89 bits per heavy atom. The summed E-state index contributed by atoms with van der Waals surface area (Å²) < 4.78 is 14.0. The number of likely N-dealkylation sites (tertiary alicyclic amines) is 1. The summed E-state index contributed by atoms with van der Waals surface area (Å²) in [5.74, 6) is 0.0272. The van der Waals surface area contributed by atoms with Crippen LogP contribution in [-0.4, -0.2) is 35.3 Å². The fourth-order valence-corrected chi connectivity index (χ4v) is 3.80. The van der Waals surface area contributed by atoms with E-state index in [2.05, 4.69) is 17.0 Å². The van der Waals surface area contributed by atoms with Crippen molar-refractivity contribution in [2.45, 2.75) is 32.9 Å². The molecule has 0 spiro atoms. The van der Waals surface area contributed by atoms with E-state index in [1.807, 2.05) is 30.0 Å². The maximum absolute atomic E-state index is 14.0. The van der Waals surface area contributed by atoms with Gasteiger partial charge in [0, 0.05) is 36.1 Å². The van der Waals surface area contributed by atoms with E-state index in [-0.39, 0.29) is 17.6 Å². The zero-order valence-corrected chi connectivity index (χ0v) is 16.5. The predicted octanol–water partition coefficient (Wildman–Crippen LogP) is 4.74. The highest BCUT2D eigenvalue weighted by Crippen LogP contribution is 2.23. The molecule has 0 saturated carbocycles. The van der Waals surface area contributed by atoms with Crippen molar-refractivity contribution in [1.82, 2.24) is 9.80 Å². The zero-order valence-electron chi connectivity index (χ0n) is 15.7. The lowest BCUT2D eigenvalue weighted by molar-refractivity contribution is -0.137. The van der Waals surface area contributed by atoms with E-state index >= 15 is 0 Å². The van der Waals surface area contributed by atoms with Crippen LogP contribution in [0.2, 0.25) is 5.02 Å². The van der Waals surface area contributed by atoms with Crippen molar-refractivity contribution >= 4 is 17.5 Å². The Labute approximate surface area is 165 Å². The molecule has 2 aromatic carbocycles. The van der Waals surface area contributed by atoms with Crippen molar-refractivity contribution in [1.29, 1.82) is 0 Å². The molecule has 0 aliphatic carbocycles. The Balaban J connectivity index is 1.53. The second-order valence-electron chi connectivity index (χ2n) is 7.12. The minimum atomic E-state index is -0.263. The molecule has 3 rings (SSSR count). The van der Waals surface area contributed by atoms with Crippen molar-refractivity contribution in [2.24, 2.45) is 5.92 Å². The van der Waals surface area contributed by atoms with Crippen molar-refractivity contribution in [2.75, 3.05) is 19.6 Å². The van der Waals surface area contributed by atoms with Crippen LogP contribution in [-0.2, 0) is 17.9 Å². The number of piperidine rings is 1. The Morgan fingerprint density at radius 3 is 2.52 bits per heavy atom. The lowest BCUT2D eigenvalue weighted by Gasteiger charge is -2.34. The fourth-order valence-electron chi connectivity index (χ4n) is 3.64. The summed E-state index contributed by atoms with van der Waals surface area (Å²) in [5, 5.41) is 0.415. The van der Waals surface area contributed by atoms with E-state index in [1.54, 1.807) is 12.1 Å². The summed E-state index contributed by atoms with van der Waals surface area (Å²) in [5.41, 5.74) is 1.81. The lowest BCUT2D eigenvalue weighted by Crippen LogP contribution is -2.42. The number of halogens is 2. The van der Waals surface area contributed by atoms with Gasteiger partial charge < -0.3 is 4.90 Å². The van der Waals surface area contributed by atoms with E-state index < -0.39 is 0 Å². The van der Waals surface area contributed by atoms with Gasteiger partial charge in [-0.1, -0.05) is 48.0 Å². The van der Waals surface area contributed by atoms with E-state index in [1.165, 1.54) is 6.07 Å². The molecule has 1 saturated heterocycles. The lowest BCUT2D eigenvalue weighted by atomic mass is 9.94. The predicted molar refractivity (Wildman–Crippen MR) is 107 cm³/mol. The first-order valence-corrected chi connectivity index (χ1v) is 9.93. The molecule has 0 bridgehead atoms. The standard InChI is InChI=1S/C22H26ClFN2O/c1-2-26(15-17-6-4-3-5-7-17)22(27)18-10-12-25(13-11-18)16-19-8-9-20(23)14-21(19)24/h3-9,14,18H,2,10-13,15-16H2,1H3. The molecule has 27 heavy (non-hydrogen) atoms. The summed E-state index contributed by atoms with van der Waals surface area (Å²) in [6.07, 6.45) is 1.64. The highest BCUT2D eigenvalue weighted by molar-refractivity contribution is 6.30. The first-order chi connectivity index (χ1) is 13.1. The summed E-state index contributed by atoms with van der Waals surface area (Å²) in [4.78, 5) is 17.1. The summed E-state index contributed by atoms with van der Waals surface area (Å²) in [6.45, 7) is 5.57. The maximum atomic E-state index is 14.0. The molecule has 0 aromatic heterocycles. The largest absolute Gasteiger partial charge is 0.338 e. The molecule has 0 unspecified atom stereocenters. The number of hydrogen-bond acceptors (Lipinski definition) is 2. The molecule has 2 aromatic rings. The van der Waals surface area contributed by atoms with Crippen molar-refractivity contribution in [3.05, 3.63) is 70.5 Å². The van der Waals surface area contributed by atoms with Crippen molar-refractivity contribution in [3.8, 4) is 0 Å². The Bertz CT molecular complexity index is 760. The van der Waals surface area contributed by atoms with Gasteiger partial charge >= 0.3 is 0 Å². The Kier molecular flexibility index (Phi) is 6.86. The molecular weight excluding hydrogens is 363 g/mol. The number of rotatable bonds is 6. The minimum absolute atomic E-state index is 0.0555. The van der Waals surface area contributed by atoms with Gasteiger partial charge in [0.05, 0.1) is 0 Å².